The highest BCUT2D eigenvalue weighted by molar-refractivity contribution is 6.03. The van der Waals surface area contributed by atoms with E-state index in [0.717, 1.165) is 29.8 Å². The summed E-state index contributed by atoms with van der Waals surface area (Å²) in [6, 6.07) is 5.74. The van der Waals surface area contributed by atoms with Crippen LogP contribution in [0.4, 0.5) is 11.6 Å². The SMILES string of the molecule is Cc1cc(C)c(NC(=O)c2ccnc(NCCC(C)C)n2)c(C)c1. The number of carbonyl (C=O) groups is 1. The molecule has 0 spiro atoms. The molecule has 1 heterocycles. The first-order valence-electron chi connectivity index (χ1n) is 8.33. The largest absolute Gasteiger partial charge is 0.354 e. The number of nitrogens with zero attached hydrogens (tertiary/aromatic N) is 2. The smallest absolute Gasteiger partial charge is 0.274 e. The van der Waals surface area contributed by atoms with Gasteiger partial charge < -0.3 is 10.6 Å². The van der Waals surface area contributed by atoms with Gasteiger partial charge in [0.15, 0.2) is 0 Å². The summed E-state index contributed by atoms with van der Waals surface area (Å²) in [5.74, 6) is 0.872. The van der Waals surface area contributed by atoms with E-state index >= 15 is 0 Å². The molecule has 0 radical (unpaired) electrons. The van der Waals surface area contributed by atoms with Gasteiger partial charge in [0, 0.05) is 18.4 Å². The molecule has 0 bridgehead atoms. The van der Waals surface area contributed by atoms with Crippen molar-refractivity contribution < 1.29 is 4.79 Å². The van der Waals surface area contributed by atoms with Crippen LogP contribution in [0.25, 0.3) is 0 Å². The molecule has 0 unspecified atom stereocenters. The predicted molar refractivity (Wildman–Crippen MR) is 98.6 cm³/mol. The zero-order chi connectivity index (χ0) is 17.7. The van der Waals surface area contributed by atoms with Crippen molar-refractivity contribution in [3.8, 4) is 0 Å². The highest BCUT2D eigenvalue weighted by Gasteiger charge is 2.12. The van der Waals surface area contributed by atoms with E-state index in [0.29, 0.717) is 17.6 Å². The molecule has 128 valence electrons. The molecule has 1 aromatic carbocycles. The number of aromatic nitrogens is 2. The van der Waals surface area contributed by atoms with Gasteiger partial charge in [-0.25, -0.2) is 9.97 Å². The van der Waals surface area contributed by atoms with Gasteiger partial charge in [0.05, 0.1) is 0 Å². The molecule has 0 atom stereocenters. The first-order valence-corrected chi connectivity index (χ1v) is 8.33. The normalized spacial score (nSPS) is 10.8. The Kier molecular flexibility index (Phi) is 5.90. The fourth-order valence-corrected chi connectivity index (χ4v) is 2.60. The van der Waals surface area contributed by atoms with Crippen molar-refractivity contribution in [2.75, 3.05) is 17.2 Å². The average molecular weight is 326 g/mol. The van der Waals surface area contributed by atoms with Crippen LogP contribution in [0.15, 0.2) is 24.4 Å². The first kappa shape index (κ1) is 17.9. The van der Waals surface area contributed by atoms with E-state index in [1.807, 2.05) is 20.8 Å². The molecule has 2 rings (SSSR count). The lowest BCUT2D eigenvalue weighted by Crippen LogP contribution is -2.17. The van der Waals surface area contributed by atoms with Crippen LogP contribution >= 0.6 is 0 Å². The summed E-state index contributed by atoms with van der Waals surface area (Å²) in [5.41, 5.74) is 4.48. The number of nitrogens with one attached hydrogen (secondary N) is 2. The van der Waals surface area contributed by atoms with Gasteiger partial charge in [-0.3, -0.25) is 4.79 Å². The molecule has 24 heavy (non-hydrogen) atoms. The third-order valence-corrected chi connectivity index (χ3v) is 3.81. The fraction of sp³-hybridized carbons (Fsp3) is 0.421. The van der Waals surface area contributed by atoms with Gasteiger partial charge >= 0.3 is 0 Å². The van der Waals surface area contributed by atoms with Crippen LogP contribution in [0, 0.1) is 26.7 Å². The molecule has 2 N–H and O–H groups in total. The van der Waals surface area contributed by atoms with E-state index in [1.165, 1.54) is 5.56 Å². The summed E-state index contributed by atoms with van der Waals surface area (Å²) in [6.45, 7) is 11.2. The van der Waals surface area contributed by atoms with Gasteiger partial charge in [0.25, 0.3) is 5.91 Å². The van der Waals surface area contributed by atoms with Crippen LogP contribution in [0.2, 0.25) is 0 Å². The standard InChI is InChI=1S/C19H26N4O/c1-12(2)6-8-20-19-21-9-7-16(22-19)18(24)23-17-14(4)10-13(3)11-15(17)5/h7,9-12H,6,8H2,1-5H3,(H,23,24)(H,20,21,22). The van der Waals surface area contributed by atoms with Crippen molar-refractivity contribution in [3.63, 3.8) is 0 Å². The number of benzene rings is 1. The van der Waals surface area contributed by atoms with Crippen molar-refractivity contribution >= 4 is 17.5 Å². The number of hydrogen-bond acceptors (Lipinski definition) is 4. The van der Waals surface area contributed by atoms with Gasteiger partial charge in [-0.15, -0.1) is 0 Å². The van der Waals surface area contributed by atoms with Gasteiger partial charge in [-0.05, 0) is 50.3 Å². The third kappa shape index (κ3) is 4.78. The summed E-state index contributed by atoms with van der Waals surface area (Å²) < 4.78 is 0. The second-order valence-corrected chi connectivity index (χ2v) is 6.60. The lowest BCUT2D eigenvalue weighted by atomic mass is 10.1. The quantitative estimate of drug-likeness (QED) is 0.838. The number of amides is 1. The molecule has 0 aliphatic rings. The maximum Gasteiger partial charge on any atom is 0.274 e. The summed E-state index contributed by atoms with van der Waals surface area (Å²) in [4.78, 5) is 21.0. The van der Waals surface area contributed by atoms with Crippen LogP contribution in [-0.2, 0) is 0 Å². The molecule has 5 nitrogen and oxygen atoms in total. The Morgan fingerprint density at radius 3 is 2.46 bits per heavy atom. The molecule has 2 aromatic rings. The average Bonchev–Trinajstić information content (AvgIpc) is 2.50. The van der Waals surface area contributed by atoms with Crippen molar-refractivity contribution in [2.45, 2.75) is 41.0 Å². The van der Waals surface area contributed by atoms with Crippen LogP contribution in [0.5, 0.6) is 0 Å². The minimum atomic E-state index is -0.223. The predicted octanol–water partition coefficient (Wildman–Crippen LogP) is 4.11. The van der Waals surface area contributed by atoms with Crippen molar-refractivity contribution in [2.24, 2.45) is 5.92 Å². The Labute approximate surface area is 143 Å². The Morgan fingerprint density at radius 2 is 1.83 bits per heavy atom. The summed E-state index contributed by atoms with van der Waals surface area (Å²) in [7, 11) is 0. The highest BCUT2D eigenvalue weighted by atomic mass is 16.1. The highest BCUT2D eigenvalue weighted by Crippen LogP contribution is 2.22. The number of anilines is 2. The van der Waals surface area contributed by atoms with Crippen LogP contribution < -0.4 is 10.6 Å². The summed E-state index contributed by atoms with van der Waals surface area (Å²) in [6.07, 6.45) is 2.63. The zero-order valence-electron chi connectivity index (χ0n) is 15.1. The maximum absolute atomic E-state index is 12.5. The molecular formula is C19H26N4O. The maximum atomic E-state index is 12.5. The molecule has 5 heteroatoms. The Balaban J connectivity index is 2.10. The molecule has 0 saturated carbocycles. The van der Waals surface area contributed by atoms with Gasteiger partial charge in [0.2, 0.25) is 5.95 Å². The minimum absolute atomic E-state index is 0.223. The van der Waals surface area contributed by atoms with E-state index in [2.05, 4.69) is 46.6 Å². The van der Waals surface area contributed by atoms with E-state index in [-0.39, 0.29) is 5.91 Å². The number of carbonyl (C=O) groups excluding carboxylic acids is 1. The Bertz CT molecular complexity index is 702. The molecule has 1 aromatic heterocycles. The minimum Gasteiger partial charge on any atom is -0.354 e. The monoisotopic (exact) mass is 326 g/mol. The van der Waals surface area contributed by atoms with Crippen LogP contribution in [0.3, 0.4) is 0 Å². The zero-order valence-corrected chi connectivity index (χ0v) is 15.1. The third-order valence-electron chi connectivity index (χ3n) is 3.81. The van der Waals surface area contributed by atoms with E-state index in [9.17, 15) is 4.79 Å². The van der Waals surface area contributed by atoms with Crippen LogP contribution in [-0.4, -0.2) is 22.4 Å². The Hall–Kier alpha value is -2.43. The molecule has 0 fully saturated rings. The number of rotatable bonds is 6. The van der Waals surface area contributed by atoms with E-state index in [1.54, 1.807) is 12.3 Å². The van der Waals surface area contributed by atoms with Crippen LogP contribution in [0.1, 0.15) is 47.4 Å². The molecule has 0 saturated heterocycles. The Morgan fingerprint density at radius 1 is 1.17 bits per heavy atom. The lowest BCUT2D eigenvalue weighted by Gasteiger charge is -2.13. The topological polar surface area (TPSA) is 66.9 Å². The van der Waals surface area contributed by atoms with Gasteiger partial charge in [-0.2, -0.15) is 0 Å². The van der Waals surface area contributed by atoms with Crippen molar-refractivity contribution in [3.05, 3.63) is 46.8 Å². The number of hydrogen-bond donors (Lipinski definition) is 2. The van der Waals surface area contributed by atoms with Crippen molar-refractivity contribution in [1.82, 2.24) is 9.97 Å². The van der Waals surface area contributed by atoms with E-state index < -0.39 is 0 Å². The summed E-state index contributed by atoms with van der Waals surface area (Å²) >= 11 is 0. The first-order chi connectivity index (χ1) is 11.4. The molecule has 0 aliphatic heterocycles. The van der Waals surface area contributed by atoms with Gasteiger partial charge in [-0.1, -0.05) is 31.5 Å². The second-order valence-electron chi connectivity index (χ2n) is 6.60. The summed E-state index contributed by atoms with van der Waals surface area (Å²) in [5, 5.41) is 6.13. The molecular weight excluding hydrogens is 300 g/mol. The lowest BCUT2D eigenvalue weighted by molar-refractivity contribution is 0.102. The fourth-order valence-electron chi connectivity index (χ4n) is 2.60. The van der Waals surface area contributed by atoms with E-state index in [4.69, 9.17) is 0 Å². The number of aryl methyl sites for hydroxylation is 3. The van der Waals surface area contributed by atoms with Gasteiger partial charge in [0.1, 0.15) is 5.69 Å². The molecule has 1 amide bonds. The molecule has 0 aliphatic carbocycles. The second kappa shape index (κ2) is 7.90. The van der Waals surface area contributed by atoms with Crippen molar-refractivity contribution in [1.29, 1.82) is 0 Å².